The van der Waals surface area contributed by atoms with E-state index in [1.807, 2.05) is 25.7 Å². The molecule has 0 radical (unpaired) electrons. The summed E-state index contributed by atoms with van der Waals surface area (Å²) >= 11 is 0. The van der Waals surface area contributed by atoms with Gasteiger partial charge in [-0.25, -0.2) is 4.79 Å². The molecular formula is C20H37NO3Si. The first kappa shape index (κ1) is 20.5. The molecule has 1 atom stereocenters. The van der Waals surface area contributed by atoms with Crippen molar-refractivity contribution in [1.29, 1.82) is 0 Å². The van der Waals surface area contributed by atoms with Gasteiger partial charge in [-0.05, 0) is 70.2 Å². The fourth-order valence-corrected chi connectivity index (χ4v) is 4.39. The summed E-state index contributed by atoms with van der Waals surface area (Å²) in [4.78, 5) is 14.6. The van der Waals surface area contributed by atoms with E-state index >= 15 is 0 Å². The van der Waals surface area contributed by atoms with Crippen molar-refractivity contribution in [3.8, 4) is 0 Å². The molecule has 1 saturated heterocycles. The Labute approximate surface area is 155 Å². The van der Waals surface area contributed by atoms with E-state index in [1.165, 1.54) is 5.57 Å². The van der Waals surface area contributed by atoms with Crippen molar-refractivity contribution in [2.75, 3.05) is 13.2 Å². The van der Waals surface area contributed by atoms with Crippen LogP contribution in [0.15, 0.2) is 11.6 Å². The van der Waals surface area contributed by atoms with Gasteiger partial charge in [0.2, 0.25) is 0 Å². The zero-order valence-electron chi connectivity index (χ0n) is 17.5. The van der Waals surface area contributed by atoms with E-state index in [-0.39, 0.29) is 16.7 Å². The maximum atomic E-state index is 12.6. The summed E-state index contributed by atoms with van der Waals surface area (Å²) in [6.07, 6.45) is 6.25. The van der Waals surface area contributed by atoms with Crippen LogP contribution >= 0.6 is 0 Å². The minimum Gasteiger partial charge on any atom is -0.444 e. The average Bonchev–Trinajstić information content (AvgIpc) is 3.01. The first-order valence-corrected chi connectivity index (χ1v) is 12.5. The van der Waals surface area contributed by atoms with Crippen molar-refractivity contribution in [3.05, 3.63) is 11.6 Å². The molecular weight excluding hydrogens is 330 g/mol. The van der Waals surface area contributed by atoms with Crippen LogP contribution in [0.25, 0.3) is 0 Å². The smallest absolute Gasteiger partial charge is 0.410 e. The first-order chi connectivity index (χ1) is 11.3. The lowest BCUT2D eigenvalue weighted by molar-refractivity contribution is 0.0147. The highest BCUT2D eigenvalue weighted by Crippen LogP contribution is 2.43. The maximum Gasteiger partial charge on any atom is 0.410 e. The molecule has 144 valence electrons. The van der Waals surface area contributed by atoms with E-state index < -0.39 is 13.9 Å². The van der Waals surface area contributed by atoms with Crippen LogP contribution in [0.2, 0.25) is 18.1 Å². The van der Waals surface area contributed by atoms with Crippen LogP contribution in [-0.2, 0) is 9.16 Å². The molecule has 1 spiro atoms. The molecule has 0 N–H and O–H groups in total. The fraction of sp³-hybridized carbons (Fsp3) is 0.850. The van der Waals surface area contributed by atoms with Crippen LogP contribution in [0.1, 0.15) is 67.2 Å². The summed E-state index contributed by atoms with van der Waals surface area (Å²) in [5.74, 6) is 0. The Balaban J connectivity index is 2.06. The second kappa shape index (κ2) is 6.73. The zero-order valence-corrected chi connectivity index (χ0v) is 18.5. The number of carbonyl (C=O) groups is 1. The molecule has 2 aliphatic rings. The Morgan fingerprint density at radius 2 is 1.84 bits per heavy atom. The third-order valence-electron chi connectivity index (χ3n) is 5.92. The molecule has 1 fully saturated rings. The molecule has 0 unspecified atom stereocenters. The van der Waals surface area contributed by atoms with Crippen LogP contribution in [0.4, 0.5) is 4.79 Å². The Morgan fingerprint density at radius 3 is 2.40 bits per heavy atom. The van der Waals surface area contributed by atoms with Crippen LogP contribution in [0.5, 0.6) is 0 Å². The van der Waals surface area contributed by atoms with Crippen molar-refractivity contribution >= 4 is 14.4 Å². The van der Waals surface area contributed by atoms with Gasteiger partial charge in [0.1, 0.15) is 5.60 Å². The summed E-state index contributed by atoms with van der Waals surface area (Å²) in [7, 11) is -1.74. The van der Waals surface area contributed by atoms with Crippen LogP contribution in [0, 0.1) is 0 Å². The Kier molecular flexibility index (Phi) is 5.52. The Hall–Kier alpha value is -0.813. The number of nitrogens with zero attached hydrogens (tertiary/aromatic N) is 1. The molecule has 1 aliphatic heterocycles. The average molecular weight is 368 g/mol. The molecule has 1 aliphatic carbocycles. The zero-order chi connectivity index (χ0) is 19.1. The number of hydrogen-bond acceptors (Lipinski definition) is 3. The third kappa shape index (κ3) is 4.67. The highest BCUT2D eigenvalue weighted by Gasteiger charge is 2.46. The number of rotatable bonds is 3. The summed E-state index contributed by atoms with van der Waals surface area (Å²) in [6, 6.07) is 0. The van der Waals surface area contributed by atoms with Gasteiger partial charge in [-0.2, -0.15) is 0 Å². The molecule has 0 aromatic rings. The lowest BCUT2D eigenvalue weighted by Gasteiger charge is -2.36. The summed E-state index contributed by atoms with van der Waals surface area (Å²) < 4.78 is 12.0. The normalized spacial score (nSPS) is 24.8. The molecule has 2 rings (SSSR count). The van der Waals surface area contributed by atoms with Gasteiger partial charge in [-0.3, -0.25) is 4.90 Å². The first-order valence-electron chi connectivity index (χ1n) is 9.61. The highest BCUT2D eigenvalue weighted by molar-refractivity contribution is 6.74. The van der Waals surface area contributed by atoms with Crippen molar-refractivity contribution in [1.82, 2.24) is 4.90 Å². The number of ether oxygens (including phenoxy) is 1. The van der Waals surface area contributed by atoms with Crippen molar-refractivity contribution in [2.45, 2.75) is 96.5 Å². The fourth-order valence-electron chi connectivity index (χ4n) is 3.41. The highest BCUT2D eigenvalue weighted by atomic mass is 28.4. The monoisotopic (exact) mass is 367 g/mol. The van der Waals surface area contributed by atoms with E-state index in [1.54, 1.807) is 0 Å². The van der Waals surface area contributed by atoms with Gasteiger partial charge >= 0.3 is 6.09 Å². The molecule has 1 amide bonds. The SMILES string of the molecule is CC(C)(C)OC(=O)N1CCC[C@]12C=C(CO[Si](C)(C)C(C)(C)C)CC2. The van der Waals surface area contributed by atoms with Gasteiger partial charge in [0.25, 0.3) is 0 Å². The number of carbonyl (C=O) groups excluding carboxylic acids is 1. The molecule has 0 aromatic heterocycles. The van der Waals surface area contributed by atoms with Gasteiger partial charge in [-0.1, -0.05) is 26.8 Å². The van der Waals surface area contributed by atoms with Crippen LogP contribution < -0.4 is 0 Å². The minimum atomic E-state index is -1.74. The van der Waals surface area contributed by atoms with Crippen LogP contribution in [0.3, 0.4) is 0 Å². The van der Waals surface area contributed by atoms with E-state index in [2.05, 4.69) is 39.9 Å². The predicted molar refractivity (Wildman–Crippen MR) is 105 cm³/mol. The van der Waals surface area contributed by atoms with E-state index in [9.17, 15) is 4.79 Å². The second-order valence-corrected chi connectivity index (χ2v) is 15.0. The lowest BCUT2D eigenvalue weighted by atomic mass is 9.96. The van der Waals surface area contributed by atoms with Gasteiger partial charge in [-0.15, -0.1) is 0 Å². The van der Waals surface area contributed by atoms with Gasteiger partial charge in [0.15, 0.2) is 8.32 Å². The molecule has 5 heteroatoms. The summed E-state index contributed by atoms with van der Waals surface area (Å²) in [5, 5.41) is 0.222. The van der Waals surface area contributed by atoms with Gasteiger partial charge < -0.3 is 9.16 Å². The molecule has 25 heavy (non-hydrogen) atoms. The van der Waals surface area contributed by atoms with Gasteiger partial charge in [0.05, 0.1) is 12.1 Å². The largest absolute Gasteiger partial charge is 0.444 e. The Bertz CT molecular complexity index is 542. The maximum absolute atomic E-state index is 12.6. The molecule has 0 bridgehead atoms. The standard InChI is InChI=1S/C20H37NO3Si/c1-18(2,3)24-17(22)21-13-9-11-20(21)12-10-16(14-20)15-23-25(7,8)19(4,5)6/h14H,9-13,15H2,1-8H3/t20-/m0/s1. The minimum absolute atomic E-state index is 0.144. The van der Waals surface area contributed by atoms with Crippen molar-refractivity contribution < 1.29 is 14.0 Å². The molecule has 0 saturated carbocycles. The van der Waals surface area contributed by atoms with E-state index in [0.717, 1.165) is 32.2 Å². The van der Waals surface area contributed by atoms with E-state index in [0.29, 0.717) is 6.61 Å². The van der Waals surface area contributed by atoms with Gasteiger partial charge in [0, 0.05) is 6.54 Å². The van der Waals surface area contributed by atoms with Crippen LogP contribution in [-0.4, -0.2) is 43.6 Å². The number of likely N-dealkylation sites (tertiary alicyclic amines) is 1. The lowest BCUT2D eigenvalue weighted by Crippen LogP contribution is -2.46. The second-order valence-electron chi connectivity index (χ2n) is 10.2. The quantitative estimate of drug-likeness (QED) is 0.488. The summed E-state index contributed by atoms with van der Waals surface area (Å²) in [6.45, 7) is 18.7. The third-order valence-corrected chi connectivity index (χ3v) is 10.4. The Morgan fingerprint density at radius 1 is 1.20 bits per heavy atom. The summed E-state index contributed by atoms with van der Waals surface area (Å²) in [5.41, 5.74) is 0.756. The number of hydrogen-bond donors (Lipinski definition) is 0. The molecule has 4 nitrogen and oxygen atoms in total. The topological polar surface area (TPSA) is 38.8 Å². The van der Waals surface area contributed by atoms with Crippen molar-refractivity contribution in [3.63, 3.8) is 0 Å². The van der Waals surface area contributed by atoms with Crippen molar-refractivity contribution in [2.24, 2.45) is 0 Å². The molecule has 0 aromatic carbocycles. The number of amides is 1. The predicted octanol–water partition coefficient (Wildman–Crippen LogP) is 5.50. The van der Waals surface area contributed by atoms with E-state index in [4.69, 9.17) is 9.16 Å². The molecule has 1 heterocycles.